The summed E-state index contributed by atoms with van der Waals surface area (Å²) in [5, 5.41) is 9.81. The molecule has 20 heavy (non-hydrogen) atoms. The van der Waals surface area contributed by atoms with Crippen molar-refractivity contribution in [3.05, 3.63) is 35.9 Å². The number of aliphatic hydroxyl groups is 1. The summed E-state index contributed by atoms with van der Waals surface area (Å²) in [5.74, 6) is 0. The van der Waals surface area contributed by atoms with Crippen LogP contribution >= 0.6 is 0 Å². The van der Waals surface area contributed by atoms with Crippen molar-refractivity contribution in [2.24, 2.45) is 0 Å². The third-order valence-corrected chi connectivity index (χ3v) is 4.36. The Hall–Kier alpha value is -0.900. The summed E-state index contributed by atoms with van der Waals surface area (Å²) in [7, 11) is 0. The number of β-amino-alcohol motifs (C(OH)–C–C–N with tert-alkyl or cyclic N) is 1. The van der Waals surface area contributed by atoms with E-state index in [1.165, 1.54) is 12.0 Å². The van der Waals surface area contributed by atoms with Gasteiger partial charge in [0.15, 0.2) is 0 Å². The molecule has 112 valence electrons. The highest BCUT2D eigenvalue weighted by molar-refractivity contribution is 5.14. The van der Waals surface area contributed by atoms with Gasteiger partial charge in [-0.1, -0.05) is 37.3 Å². The lowest BCUT2D eigenvalue weighted by molar-refractivity contribution is 0.110. The molecule has 1 aliphatic heterocycles. The lowest BCUT2D eigenvalue weighted by Crippen LogP contribution is -2.36. The van der Waals surface area contributed by atoms with E-state index in [2.05, 4.69) is 47.1 Å². The first-order valence-electron chi connectivity index (χ1n) is 7.87. The van der Waals surface area contributed by atoms with Gasteiger partial charge in [-0.25, -0.2) is 0 Å². The van der Waals surface area contributed by atoms with E-state index < -0.39 is 0 Å². The van der Waals surface area contributed by atoms with Crippen molar-refractivity contribution >= 4 is 0 Å². The first-order chi connectivity index (χ1) is 9.69. The minimum atomic E-state index is -0.175. The van der Waals surface area contributed by atoms with Gasteiger partial charge < -0.3 is 5.11 Å². The molecule has 1 unspecified atom stereocenters. The average molecular weight is 276 g/mol. The van der Waals surface area contributed by atoms with Gasteiger partial charge in [0.05, 0.1) is 6.10 Å². The molecule has 3 heteroatoms. The summed E-state index contributed by atoms with van der Waals surface area (Å²) >= 11 is 0. The van der Waals surface area contributed by atoms with Gasteiger partial charge in [-0.3, -0.25) is 9.80 Å². The molecule has 3 nitrogen and oxygen atoms in total. The molecule has 2 rings (SSSR count). The Balaban J connectivity index is 1.89. The first kappa shape index (κ1) is 15.5. The highest BCUT2D eigenvalue weighted by Crippen LogP contribution is 2.15. The van der Waals surface area contributed by atoms with Crippen LogP contribution in [0, 0.1) is 0 Å². The van der Waals surface area contributed by atoms with Crippen molar-refractivity contribution in [3.63, 3.8) is 0 Å². The van der Waals surface area contributed by atoms with Crippen LogP contribution < -0.4 is 0 Å². The van der Waals surface area contributed by atoms with Crippen molar-refractivity contribution in [3.8, 4) is 0 Å². The summed E-state index contributed by atoms with van der Waals surface area (Å²) in [6, 6.07) is 11.3. The molecule has 1 heterocycles. The second kappa shape index (κ2) is 7.77. The monoisotopic (exact) mass is 276 g/mol. The van der Waals surface area contributed by atoms with Gasteiger partial charge >= 0.3 is 0 Å². The van der Waals surface area contributed by atoms with Crippen LogP contribution in [-0.4, -0.2) is 53.2 Å². The predicted octanol–water partition coefficient (Wildman–Crippen LogP) is 2.35. The number of aliphatic hydroxyl groups excluding tert-OH is 1. The van der Waals surface area contributed by atoms with Crippen molar-refractivity contribution in [1.29, 1.82) is 0 Å². The molecule has 0 saturated carbocycles. The fourth-order valence-corrected chi connectivity index (χ4v) is 2.82. The van der Waals surface area contributed by atoms with Crippen LogP contribution in [0.1, 0.15) is 32.3 Å². The van der Waals surface area contributed by atoms with Gasteiger partial charge in [0.25, 0.3) is 0 Å². The fraction of sp³-hybridized carbons (Fsp3) is 0.647. The van der Waals surface area contributed by atoms with Gasteiger partial charge in [-0.05, 0) is 31.9 Å². The highest BCUT2D eigenvalue weighted by atomic mass is 16.3. The number of rotatable bonds is 5. The van der Waals surface area contributed by atoms with Crippen LogP contribution in [0.4, 0.5) is 0 Å². The quantitative estimate of drug-likeness (QED) is 0.894. The Morgan fingerprint density at radius 1 is 1.20 bits per heavy atom. The Labute approximate surface area is 123 Å². The normalized spacial score (nSPS) is 23.4. The Morgan fingerprint density at radius 2 is 1.95 bits per heavy atom. The zero-order chi connectivity index (χ0) is 14.4. The van der Waals surface area contributed by atoms with E-state index in [4.69, 9.17) is 0 Å². The molecule has 1 aromatic rings. The van der Waals surface area contributed by atoms with E-state index in [-0.39, 0.29) is 6.10 Å². The Kier molecular flexibility index (Phi) is 6.02. The van der Waals surface area contributed by atoms with Crippen LogP contribution in [0.3, 0.4) is 0 Å². The number of nitrogens with zero attached hydrogens (tertiary/aromatic N) is 2. The van der Waals surface area contributed by atoms with Crippen LogP contribution in [-0.2, 0) is 6.54 Å². The Bertz CT molecular complexity index is 382. The van der Waals surface area contributed by atoms with Gasteiger partial charge in [-0.2, -0.15) is 0 Å². The summed E-state index contributed by atoms with van der Waals surface area (Å²) < 4.78 is 0. The second-order valence-corrected chi connectivity index (χ2v) is 5.96. The third kappa shape index (κ3) is 4.58. The lowest BCUT2D eigenvalue weighted by atomic mass is 10.1. The summed E-state index contributed by atoms with van der Waals surface area (Å²) in [6.45, 7) is 9.48. The van der Waals surface area contributed by atoms with E-state index >= 15 is 0 Å². The van der Waals surface area contributed by atoms with Gasteiger partial charge in [0, 0.05) is 32.2 Å². The summed E-state index contributed by atoms with van der Waals surface area (Å²) in [4.78, 5) is 4.98. The zero-order valence-electron chi connectivity index (χ0n) is 12.8. The minimum Gasteiger partial charge on any atom is -0.392 e. The highest BCUT2D eigenvalue weighted by Gasteiger charge is 2.21. The van der Waals surface area contributed by atoms with E-state index in [1.807, 2.05) is 6.92 Å². The summed E-state index contributed by atoms with van der Waals surface area (Å²) in [6.07, 6.45) is 1.86. The minimum absolute atomic E-state index is 0.175. The van der Waals surface area contributed by atoms with E-state index in [0.29, 0.717) is 6.04 Å². The molecule has 0 radical (unpaired) electrons. The maximum Gasteiger partial charge on any atom is 0.0664 e. The smallest absolute Gasteiger partial charge is 0.0664 e. The Morgan fingerprint density at radius 3 is 2.65 bits per heavy atom. The second-order valence-electron chi connectivity index (χ2n) is 5.96. The van der Waals surface area contributed by atoms with Crippen molar-refractivity contribution in [1.82, 2.24) is 9.80 Å². The number of hydrogen-bond acceptors (Lipinski definition) is 3. The SMILES string of the molecule is CC[C@@H](O)CN1CCC(C)N(Cc2ccccc2)CC1. The van der Waals surface area contributed by atoms with Gasteiger partial charge in [0.2, 0.25) is 0 Å². The van der Waals surface area contributed by atoms with E-state index in [0.717, 1.165) is 39.1 Å². The first-order valence-corrected chi connectivity index (χ1v) is 7.87. The molecule has 1 saturated heterocycles. The summed E-state index contributed by atoms with van der Waals surface area (Å²) in [5.41, 5.74) is 1.39. The lowest BCUT2D eigenvalue weighted by Gasteiger charge is -2.26. The van der Waals surface area contributed by atoms with Crippen molar-refractivity contribution < 1.29 is 5.11 Å². The van der Waals surface area contributed by atoms with Gasteiger partial charge in [-0.15, -0.1) is 0 Å². The van der Waals surface area contributed by atoms with Gasteiger partial charge in [0.1, 0.15) is 0 Å². The molecule has 1 fully saturated rings. The molecular formula is C17H28N2O. The molecule has 1 aliphatic rings. The number of benzene rings is 1. The van der Waals surface area contributed by atoms with Crippen LogP contribution in [0.15, 0.2) is 30.3 Å². The molecule has 0 amide bonds. The van der Waals surface area contributed by atoms with Crippen LogP contribution in [0.25, 0.3) is 0 Å². The van der Waals surface area contributed by atoms with E-state index in [1.54, 1.807) is 0 Å². The molecule has 0 spiro atoms. The molecular weight excluding hydrogens is 248 g/mol. The molecule has 2 atom stereocenters. The largest absolute Gasteiger partial charge is 0.392 e. The molecule has 0 bridgehead atoms. The average Bonchev–Trinajstić information content (AvgIpc) is 2.64. The zero-order valence-corrected chi connectivity index (χ0v) is 12.8. The molecule has 0 aliphatic carbocycles. The molecule has 0 aromatic heterocycles. The molecule has 1 N–H and O–H groups in total. The maximum atomic E-state index is 9.81. The molecule has 1 aromatic carbocycles. The standard InChI is InChI=1S/C17H28N2O/c1-3-17(20)14-18-10-9-15(2)19(12-11-18)13-16-7-5-4-6-8-16/h4-8,15,17,20H,3,9-14H2,1-2H3/t15?,17-/m1/s1. The van der Waals surface area contributed by atoms with Crippen molar-refractivity contribution in [2.75, 3.05) is 26.2 Å². The van der Waals surface area contributed by atoms with Crippen LogP contribution in [0.5, 0.6) is 0 Å². The predicted molar refractivity (Wildman–Crippen MR) is 83.7 cm³/mol. The van der Waals surface area contributed by atoms with Crippen molar-refractivity contribution in [2.45, 2.75) is 45.4 Å². The third-order valence-electron chi connectivity index (χ3n) is 4.36. The topological polar surface area (TPSA) is 26.7 Å². The maximum absolute atomic E-state index is 9.81. The fourth-order valence-electron chi connectivity index (χ4n) is 2.82. The van der Waals surface area contributed by atoms with E-state index in [9.17, 15) is 5.11 Å². The number of hydrogen-bond donors (Lipinski definition) is 1. The van der Waals surface area contributed by atoms with Crippen LogP contribution in [0.2, 0.25) is 0 Å².